The van der Waals surface area contributed by atoms with Crippen LogP contribution in [0.25, 0.3) is 0 Å². The number of hydrogen-bond acceptors (Lipinski definition) is 3. The molecule has 0 bridgehead atoms. The molecule has 1 unspecified atom stereocenters. The van der Waals surface area contributed by atoms with E-state index in [0.29, 0.717) is 6.42 Å². The van der Waals surface area contributed by atoms with Gasteiger partial charge in [-0.25, -0.2) is 0 Å². The molecule has 1 aromatic carbocycles. The summed E-state index contributed by atoms with van der Waals surface area (Å²) in [5.74, 6) is -0.168. The normalized spacial score (nSPS) is 19.7. The fourth-order valence-electron chi connectivity index (χ4n) is 1.67. The van der Waals surface area contributed by atoms with Crippen molar-refractivity contribution in [3.05, 3.63) is 57.9 Å². The highest BCUT2D eigenvalue weighted by Gasteiger charge is 2.27. The third-order valence-electron chi connectivity index (χ3n) is 2.42. The van der Waals surface area contributed by atoms with E-state index in [1.807, 2.05) is 30.3 Å². The van der Waals surface area contributed by atoms with Crippen LogP contribution in [0, 0.1) is 10.1 Å². The predicted molar refractivity (Wildman–Crippen MR) is 57.4 cm³/mol. The van der Waals surface area contributed by atoms with Crippen molar-refractivity contribution in [3.63, 3.8) is 0 Å². The van der Waals surface area contributed by atoms with Crippen molar-refractivity contribution in [2.24, 2.45) is 4.99 Å². The molecule has 0 radical (unpaired) electrons. The highest BCUT2D eigenvalue weighted by atomic mass is 16.6. The summed E-state index contributed by atoms with van der Waals surface area (Å²) in [6, 6.07) is 9.48. The molecule has 0 aliphatic carbocycles. The van der Waals surface area contributed by atoms with Gasteiger partial charge in [-0.15, -0.1) is 0 Å². The Kier molecular flexibility index (Phi) is 2.58. The van der Waals surface area contributed by atoms with Gasteiger partial charge in [0.05, 0.1) is 10.8 Å². The summed E-state index contributed by atoms with van der Waals surface area (Å²) in [4.78, 5) is 14.3. The maximum atomic E-state index is 10.8. The van der Waals surface area contributed by atoms with Gasteiger partial charge in [0.15, 0.2) is 0 Å². The fraction of sp³-hybridized carbons (Fsp3) is 0.182. The van der Waals surface area contributed by atoms with Crippen LogP contribution in [-0.4, -0.2) is 11.1 Å². The van der Waals surface area contributed by atoms with E-state index >= 15 is 0 Å². The Morgan fingerprint density at radius 2 is 2.07 bits per heavy atom. The monoisotopic (exact) mass is 202 g/mol. The molecular weight excluding hydrogens is 192 g/mol. The average molecular weight is 202 g/mol. The Morgan fingerprint density at radius 1 is 1.33 bits per heavy atom. The van der Waals surface area contributed by atoms with Crippen LogP contribution in [0.5, 0.6) is 0 Å². The molecule has 1 aliphatic heterocycles. The molecule has 15 heavy (non-hydrogen) atoms. The van der Waals surface area contributed by atoms with Crippen molar-refractivity contribution in [3.8, 4) is 0 Å². The topological polar surface area (TPSA) is 55.5 Å². The number of hydrogen-bond donors (Lipinski definition) is 0. The first-order valence-electron chi connectivity index (χ1n) is 4.70. The zero-order valence-electron chi connectivity index (χ0n) is 8.04. The third-order valence-corrected chi connectivity index (χ3v) is 2.42. The molecule has 0 saturated carbocycles. The van der Waals surface area contributed by atoms with Crippen LogP contribution in [0.4, 0.5) is 0 Å². The van der Waals surface area contributed by atoms with Crippen LogP contribution < -0.4 is 0 Å². The zero-order valence-corrected chi connectivity index (χ0v) is 8.04. The van der Waals surface area contributed by atoms with E-state index in [0.717, 1.165) is 5.56 Å². The molecule has 2 rings (SSSR count). The lowest BCUT2D eigenvalue weighted by Crippen LogP contribution is -2.13. The van der Waals surface area contributed by atoms with E-state index in [1.165, 1.54) is 6.20 Å². The van der Waals surface area contributed by atoms with E-state index < -0.39 is 0 Å². The summed E-state index contributed by atoms with van der Waals surface area (Å²) in [5.41, 5.74) is 1.13. The minimum absolute atomic E-state index is 0.168. The first kappa shape index (κ1) is 9.58. The number of rotatable bonds is 2. The van der Waals surface area contributed by atoms with Crippen molar-refractivity contribution in [1.82, 2.24) is 0 Å². The molecule has 0 saturated heterocycles. The number of aliphatic imine (C=N–C) groups is 1. The molecule has 0 aromatic heterocycles. The van der Waals surface area contributed by atoms with Gasteiger partial charge in [0.1, 0.15) is 6.20 Å². The molecule has 1 atom stereocenters. The van der Waals surface area contributed by atoms with Gasteiger partial charge < -0.3 is 0 Å². The van der Waals surface area contributed by atoms with E-state index in [-0.39, 0.29) is 16.5 Å². The molecule has 1 aliphatic rings. The predicted octanol–water partition coefficient (Wildman–Crippen LogP) is 2.36. The Hall–Kier alpha value is -1.97. The SMILES string of the molecule is O=[N+]([O-])C1=CN=CCC1c1ccccc1. The Labute approximate surface area is 87.1 Å². The summed E-state index contributed by atoms with van der Waals surface area (Å²) in [6.07, 6.45) is 3.64. The largest absolute Gasteiger partial charge is 0.272 e. The van der Waals surface area contributed by atoms with Crippen LogP contribution in [0.15, 0.2) is 47.2 Å². The van der Waals surface area contributed by atoms with Gasteiger partial charge in [-0.3, -0.25) is 15.1 Å². The molecular formula is C11H10N2O2. The summed E-state index contributed by atoms with van der Waals surface area (Å²) in [5, 5.41) is 10.8. The lowest BCUT2D eigenvalue weighted by Gasteiger charge is -2.14. The van der Waals surface area contributed by atoms with Gasteiger partial charge in [-0.05, 0) is 12.0 Å². The maximum Gasteiger partial charge on any atom is 0.272 e. The van der Waals surface area contributed by atoms with Gasteiger partial charge in [-0.2, -0.15) is 0 Å². The highest BCUT2D eigenvalue weighted by Crippen LogP contribution is 2.29. The first-order chi connectivity index (χ1) is 7.29. The lowest BCUT2D eigenvalue weighted by molar-refractivity contribution is -0.430. The Morgan fingerprint density at radius 3 is 2.73 bits per heavy atom. The Bertz CT molecular complexity index is 423. The molecule has 76 valence electrons. The summed E-state index contributed by atoms with van der Waals surface area (Å²) in [6.45, 7) is 0. The second kappa shape index (κ2) is 4.04. The van der Waals surface area contributed by atoms with Crippen LogP contribution in [0.1, 0.15) is 17.9 Å². The summed E-state index contributed by atoms with van der Waals surface area (Å²) in [7, 11) is 0. The molecule has 4 nitrogen and oxygen atoms in total. The van der Waals surface area contributed by atoms with E-state index in [1.54, 1.807) is 6.21 Å². The van der Waals surface area contributed by atoms with Crippen LogP contribution >= 0.6 is 0 Å². The van der Waals surface area contributed by atoms with Gasteiger partial charge in [0.2, 0.25) is 0 Å². The summed E-state index contributed by atoms with van der Waals surface area (Å²) < 4.78 is 0. The number of nitrogens with zero attached hydrogens (tertiary/aromatic N) is 2. The molecule has 0 amide bonds. The van der Waals surface area contributed by atoms with Crippen LogP contribution in [0.2, 0.25) is 0 Å². The highest BCUT2D eigenvalue weighted by molar-refractivity contribution is 5.62. The van der Waals surface area contributed by atoms with Gasteiger partial charge in [0.25, 0.3) is 5.70 Å². The van der Waals surface area contributed by atoms with Crippen molar-refractivity contribution in [2.45, 2.75) is 12.3 Å². The molecule has 1 heterocycles. The number of benzene rings is 1. The maximum absolute atomic E-state index is 10.8. The van der Waals surface area contributed by atoms with Gasteiger partial charge in [0, 0.05) is 6.21 Å². The third kappa shape index (κ3) is 1.93. The number of allylic oxidation sites excluding steroid dienone is 1. The van der Waals surface area contributed by atoms with E-state index in [4.69, 9.17) is 0 Å². The Balaban J connectivity index is 2.34. The lowest BCUT2D eigenvalue weighted by atomic mass is 9.92. The number of nitro groups is 1. The zero-order chi connectivity index (χ0) is 10.7. The van der Waals surface area contributed by atoms with Crippen LogP contribution in [0.3, 0.4) is 0 Å². The van der Waals surface area contributed by atoms with Crippen LogP contribution in [-0.2, 0) is 0 Å². The second-order valence-corrected chi connectivity index (χ2v) is 3.34. The summed E-state index contributed by atoms with van der Waals surface area (Å²) >= 11 is 0. The van der Waals surface area contributed by atoms with Crippen molar-refractivity contribution >= 4 is 6.21 Å². The molecule has 0 fully saturated rings. The standard InChI is InChI=1S/C11H10N2O2/c14-13(15)11-8-12-7-6-10(11)9-4-2-1-3-5-9/h1-5,7-8,10H,6H2. The first-order valence-corrected chi connectivity index (χ1v) is 4.70. The average Bonchev–Trinajstić information content (AvgIpc) is 2.30. The quantitative estimate of drug-likeness (QED) is 0.546. The molecule has 4 heteroatoms. The molecule has 0 spiro atoms. The van der Waals surface area contributed by atoms with Gasteiger partial charge in [-0.1, -0.05) is 30.3 Å². The van der Waals surface area contributed by atoms with E-state index in [2.05, 4.69) is 4.99 Å². The minimum atomic E-state index is -0.353. The molecule has 0 N–H and O–H groups in total. The molecule has 1 aromatic rings. The smallest absolute Gasteiger partial charge is 0.262 e. The fourth-order valence-corrected chi connectivity index (χ4v) is 1.67. The van der Waals surface area contributed by atoms with Crippen molar-refractivity contribution < 1.29 is 4.92 Å². The second-order valence-electron chi connectivity index (χ2n) is 3.34. The van der Waals surface area contributed by atoms with Crippen molar-refractivity contribution in [2.75, 3.05) is 0 Å². The minimum Gasteiger partial charge on any atom is -0.262 e. The van der Waals surface area contributed by atoms with Crippen molar-refractivity contribution in [1.29, 1.82) is 0 Å². The van der Waals surface area contributed by atoms with Gasteiger partial charge >= 0.3 is 0 Å². The van der Waals surface area contributed by atoms with E-state index in [9.17, 15) is 10.1 Å².